The molecule has 0 bridgehead atoms. The van der Waals surface area contributed by atoms with Gasteiger partial charge in [-0.15, -0.1) is 0 Å². The summed E-state index contributed by atoms with van der Waals surface area (Å²) < 4.78 is 6.30. The van der Waals surface area contributed by atoms with Gasteiger partial charge in [-0.05, 0) is 30.3 Å². The number of carbonyl (C=O) groups excluding carboxylic acids is 1. The van der Waals surface area contributed by atoms with Gasteiger partial charge in [0, 0.05) is 21.1 Å². The maximum atomic E-state index is 12.4. The molecule has 0 fully saturated rings. The maximum Gasteiger partial charge on any atom is 0.228 e. The van der Waals surface area contributed by atoms with Crippen LogP contribution in [0, 0.1) is 0 Å². The van der Waals surface area contributed by atoms with Crippen molar-refractivity contribution in [3.63, 3.8) is 0 Å². The number of ketones is 1. The van der Waals surface area contributed by atoms with Crippen molar-refractivity contribution in [2.24, 2.45) is 0 Å². The molecule has 5 heteroatoms. The van der Waals surface area contributed by atoms with E-state index in [1.165, 1.54) is 0 Å². The van der Waals surface area contributed by atoms with Crippen molar-refractivity contribution in [1.82, 2.24) is 0 Å². The minimum atomic E-state index is -0.231. The first-order chi connectivity index (χ1) is 9.54. The van der Waals surface area contributed by atoms with Crippen LogP contribution < -0.4 is 5.73 Å². The first-order valence-corrected chi connectivity index (χ1v) is 7.00. The second-order valence-corrected chi connectivity index (χ2v) is 5.69. The maximum absolute atomic E-state index is 12.4. The Labute approximate surface area is 128 Å². The monoisotopic (exact) mass is 349 g/mol. The Bertz CT molecular complexity index is 806. The molecule has 0 radical (unpaired) electrons. The number of furan rings is 1. The lowest BCUT2D eigenvalue weighted by molar-refractivity contribution is 0.101. The van der Waals surface area contributed by atoms with Gasteiger partial charge in [-0.2, -0.15) is 0 Å². The molecule has 0 saturated heterocycles. The summed E-state index contributed by atoms with van der Waals surface area (Å²) in [6, 6.07) is 12.1. The van der Waals surface area contributed by atoms with Crippen molar-refractivity contribution in [3.8, 4) is 0 Å². The van der Waals surface area contributed by atoms with Gasteiger partial charge in [0.1, 0.15) is 0 Å². The molecule has 0 aliphatic carbocycles. The number of halogens is 2. The molecule has 1 aromatic heterocycles. The molecule has 3 aromatic rings. The van der Waals surface area contributed by atoms with E-state index in [9.17, 15) is 4.79 Å². The van der Waals surface area contributed by atoms with Gasteiger partial charge in [0.15, 0.2) is 11.3 Å². The summed E-state index contributed by atoms with van der Waals surface area (Å²) in [6.45, 7) is 0. The minimum Gasteiger partial charge on any atom is -0.451 e. The third kappa shape index (κ3) is 2.32. The predicted molar refractivity (Wildman–Crippen MR) is 83.2 cm³/mol. The molecule has 0 spiro atoms. The van der Waals surface area contributed by atoms with E-state index in [0.717, 1.165) is 9.86 Å². The highest BCUT2D eigenvalue weighted by Gasteiger charge is 2.16. The Morgan fingerprint density at radius 2 is 2.00 bits per heavy atom. The van der Waals surface area contributed by atoms with Crippen LogP contribution in [0.5, 0.6) is 0 Å². The molecule has 2 N–H and O–H groups in total. The SMILES string of the molecule is Nc1cc(Br)cc(C(=O)c2cc3cccc(Cl)c3o2)c1. The number of nitrogens with two attached hydrogens (primary N) is 1. The highest BCUT2D eigenvalue weighted by atomic mass is 79.9. The zero-order valence-corrected chi connectivity index (χ0v) is 12.5. The summed E-state index contributed by atoms with van der Waals surface area (Å²) >= 11 is 9.36. The average Bonchev–Trinajstić information content (AvgIpc) is 2.82. The molecule has 20 heavy (non-hydrogen) atoms. The molecule has 0 atom stereocenters. The number of benzene rings is 2. The molecular formula is C15H9BrClNO2. The van der Waals surface area contributed by atoms with E-state index in [0.29, 0.717) is 21.9 Å². The van der Waals surface area contributed by atoms with E-state index in [4.69, 9.17) is 21.8 Å². The lowest BCUT2D eigenvalue weighted by Gasteiger charge is -2.01. The van der Waals surface area contributed by atoms with Crippen LogP contribution in [-0.2, 0) is 0 Å². The van der Waals surface area contributed by atoms with Gasteiger partial charge in [-0.25, -0.2) is 0 Å². The normalized spacial score (nSPS) is 10.9. The van der Waals surface area contributed by atoms with E-state index < -0.39 is 0 Å². The number of carbonyl (C=O) groups is 1. The third-order valence-corrected chi connectivity index (χ3v) is 3.66. The number of anilines is 1. The first-order valence-electron chi connectivity index (χ1n) is 5.83. The van der Waals surface area contributed by atoms with Gasteiger partial charge in [-0.1, -0.05) is 39.7 Å². The number of rotatable bonds is 2. The molecule has 0 amide bonds. The van der Waals surface area contributed by atoms with Crippen LogP contribution in [0.15, 0.2) is 51.4 Å². The number of para-hydroxylation sites is 1. The molecule has 0 aliphatic rings. The van der Waals surface area contributed by atoms with Crippen LogP contribution in [0.2, 0.25) is 5.02 Å². The summed E-state index contributed by atoms with van der Waals surface area (Å²) in [4.78, 5) is 12.4. The first kappa shape index (κ1) is 13.2. The average molecular weight is 351 g/mol. The van der Waals surface area contributed by atoms with E-state index in [1.54, 1.807) is 30.3 Å². The zero-order valence-electron chi connectivity index (χ0n) is 10.2. The third-order valence-electron chi connectivity index (χ3n) is 2.90. The van der Waals surface area contributed by atoms with Crippen molar-refractivity contribution >= 4 is 50.0 Å². The minimum absolute atomic E-state index is 0.231. The molecule has 100 valence electrons. The quantitative estimate of drug-likeness (QED) is 0.540. The van der Waals surface area contributed by atoms with Crippen molar-refractivity contribution in [1.29, 1.82) is 0 Å². The van der Waals surface area contributed by atoms with Crippen LogP contribution in [0.4, 0.5) is 5.69 Å². The van der Waals surface area contributed by atoms with Crippen LogP contribution in [0.3, 0.4) is 0 Å². The Morgan fingerprint density at radius 3 is 2.70 bits per heavy atom. The van der Waals surface area contributed by atoms with Crippen LogP contribution in [0.25, 0.3) is 11.0 Å². The predicted octanol–water partition coefficient (Wildman–Crippen LogP) is 4.66. The lowest BCUT2D eigenvalue weighted by Crippen LogP contribution is -2.00. The zero-order chi connectivity index (χ0) is 14.3. The summed E-state index contributed by atoms with van der Waals surface area (Å²) in [5.74, 6) is 0.0101. The van der Waals surface area contributed by atoms with Crippen molar-refractivity contribution in [3.05, 3.63) is 63.3 Å². The fraction of sp³-hybridized carbons (Fsp3) is 0. The molecule has 2 aromatic carbocycles. The molecule has 0 saturated carbocycles. The van der Waals surface area contributed by atoms with E-state index >= 15 is 0 Å². The molecule has 3 nitrogen and oxygen atoms in total. The van der Waals surface area contributed by atoms with Gasteiger partial charge in [0.25, 0.3) is 0 Å². The fourth-order valence-electron chi connectivity index (χ4n) is 2.03. The fourth-order valence-corrected chi connectivity index (χ4v) is 2.76. The van der Waals surface area contributed by atoms with E-state index in [2.05, 4.69) is 15.9 Å². The van der Waals surface area contributed by atoms with Gasteiger partial charge >= 0.3 is 0 Å². The Balaban J connectivity index is 2.10. The molecular weight excluding hydrogens is 342 g/mol. The summed E-state index contributed by atoms with van der Waals surface area (Å²) in [7, 11) is 0. The Kier molecular flexibility index (Phi) is 3.28. The Hall–Kier alpha value is -1.78. The number of hydrogen-bond donors (Lipinski definition) is 1. The van der Waals surface area contributed by atoms with Crippen molar-refractivity contribution in [2.75, 3.05) is 5.73 Å². The van der Waals surface area contributed by atoms with Crippen LogP contribution >= 0.6 is 27.5 Å². The second-order valence-electron chi connectivity index (χ2n) is 4.37. The smallest absolute Gasteiger partial charge is 0.228 e. The van der Waals surface area contributed by atoms with Gasteiger partial charge in [0.2, 0.25) is 5.78 Å². The second kappa shape index (κ2) is 4.96. The van der Waals surface area contributed by atoms with Crippen molar-refractivity contribution < 1.29 is 9.21 Å². The Morgan fingerprint density at radius 1 is 1.20 bits per heavy atom. The number of hydrogen-bond acceptors (Lipinski definition) is 3. The lowest BCUT2D eigenvalue weighted by atomic mass is 10.1. The number of fused-ring (bicyclic) bond motifs is 1. The van der Waals surface area contributed by atoms with E-state index in [-0.39, 0.29) is 11.5 Å². The molecule has 0 unspecified atom stereocenters. The van der Waals surface area contributed by atoms with Gasteiger partial charge < -0.3 is 10.2 Å². The van der Waals surface area contributed by atoms with Crippen LogP contribution in [-0.4, -0.2) is 5.78 Å². The largest absolute Gasteiger partial charge is 0.451 e. The standard InChI is InChI=1S/C15H9BrClNO2/c16-10-4-9(5-11(18)7-10)14(19)13-6-8-2-1-3-12(17)15(8)20-13/h1-7H,18H2. The van der Waals surface area contributed by atoms with Gasteiger partial charge in [-0.3, -0.25) is 4.79 Å². The molecule has 3 rings (SSSR count). The van der Waals surface area contributed by atoms with E-state index in [1.807, 2.05) is 12.1 Å². The summed E-state index contributed by atoms with van der Waals surface area (Å²) in [6.07, 6.45) is 0. The summed E-state index contributed by atoms with van der Waals surface area (Å²) in [5, 5.41) is 1.28. The topological polar surface area (TPSA) is 56.2 Å². The molecule has 0 aliphatic heterocycles. The number of nitrogen functional groups attached to an aromatic ring is 1. The van der Waals surface area contributed by atoms with Crippen molar-refractivity contribution in [2.45, 2.75) is 0 Å². The highest BCUT2D eigenvalue weighted by molar-refractivity contribution is 9.10. The van der Waals surface area contributed by atoms with Crippen LogP contribution in [0.1, 0.15) is 16.1 Å². The van der Waals surface area contributed by atoms with Gasteiger partial charge in [0.05, 0.1) is 5.02 Å². The summed E-state index contributed by atoms with van der Waals surface area (Å²) in [5.41, 5.74) is 7.23. The highest BCUT2D eigenvalue weighted by Crippen LogP contribution is 2.28. The molecule has 1 heterocycles.